The number of thiazole rings is 1. The number of nitrogens with zero attached hydrogens (tertiary/aromatic N) is 1. The summed E-state index contributed by atoms with van der Waals surface area (Å²) in [5, 5.41) is 1.45. The Morgan fingerprint density at radius 2 is 1.25 bits per heavy atom. The number of aryl methyl sites for hydroxylation is 2. The average Bonchev–Trinajstić information content (AvgIpc) is 2.99. The van der Waals surface area contributed by atoms with Crippen molar-refractivity contribution in [2.75, 3.05) is 0 Å². The lowest BCUT2D eigenvalue weighted by molar-refractivity contribution is -0.665. The Morgan fingerprint density at radius 1 is 0.625 bits per heavy atom. The molecule has 0 N–H and O–H groups in total. The molecule has 4 rings (SSSR count). The highest BCUT2D eigenvalue weighted by molar-refractivity contribution is 7.18. The van der Waals surface area contributed by atoms with E-state index in [2.05, 4.69) is 89.5 Å². The summed E-state index contributed by atoms with van der Waals surface area (Å²) in [6.07, 6.45) is 2.17. The van der Waals surface area contributed by atoms with Crippen molar-refractivity contribution >= 4 is 21.6 Å². The molecule has 3 aromatic carbocycles. The van der Waals surface area contributed by atoms with Crippen molar-refractivity contribution in [2.45, 2.75) is 19.4 Å². The van der Waals surface area contributed by atoms with Gasteiger partial charge in [-0.3, -0.25) is 0 Å². The Morgan fingerprint density at radius 3 is 2.00 bits per heavy atom. The van der Waals surface area contributed by atoms with Crippen LogP contribution in [0.25, 0.3) is 10.2 Å². The molecule has 1 nitrogen and oxygen atoms in total. The van der Waals surface area contributed by atoms with E-state index in [1.807, 2.05) is 11.3 Å². The number of benzene rings is 3. The highest BCUT2D eigenvalue weighted by atomic mass is 32.1. The van der Waals surface area contributed by atoms with Gasteiger partial charge in [-0.2, -0.15) is 4.57 Å². The monoisotopic (exact) mass is 330 g/mol. The van der Waals surface area contributed by atoms with Gasteiger partial charge < -0.3 is 0 Å². The fourth-order valence-electron chi connectivity index (χ4n) is 3.10. The van der Waals surface area contributed by atoms with Gasteiger partial charge in [0.2, 0.25) is 10.5 Å². The summed E-state index contributed by atoms with van der Waals surface area (Å²) in [6, 6.07) is 30.2. The molecule has 0 fully saturated rings. The van der Waals surface area contributed by atoms with E-state index in [4.69, 9.17) is 0 Å². The van der Waals surface area contributed by atoms with Gasteiger partial charge in [0.15, 0.2) is 6.54 Å². The molecule has 0 bridgehead atoms. The Kier molecular flexibility index (Phi) is 4.39. The molecule has 0 unspecified atom stereocenters. The third-order valence-corrected chi connectivity index (χ3v) is 5.56. The fourth-order valence-corrected chi connectivity index (χ4v) is 4.26. The summed E-state index contributed by atoms with van der Waals surface area (Å²) in [7, 11) is 0. The number of hydrogen-bond donors (Lipinski definition) is 0. The van der Waals surface area contributed by atoms with Gasteiger partial charge in [0.1, 0.15) is 4.70 Å². The van der Waals surface area contributed by atoms with E-state index in [0.29, 0.717) is 0 Å². The molecule has 0 aliphatic heterocycles. The van der Waals surface area contributed by atoms with E-state index in [9.17, 15) is 0 Å². The van der Waals surface area contributed by atoms with Crippen molar-refractivity contribution in [1.29, 1.82) is 0 Å². The van der Waals surface area contributed by atoms with Gasteiger partial charge in [0.25, 0.3) is 0 Å². The van der Waals surface area contributed by atoms with Gasteiger partial charge in [-0.25, -0.2) is 0 Å². The van der Waals surface area contributed by atoms with Crippen molar-refractivity contribution in [3.05, 3.63) is 101 Å². The molecule has 1 aromatic heterocycles. The topological polar surface area (TPSA) is 3.88 Å². The zero-order valence-electron chi connectivity index (χ0n) is 13.6. The summed E-state index contributed by atoms with van der Waals surface area (Å²) < 4.78 is 3.86. The normalized spacial score (nSPS) is 11.0. The maximum atomic E-state index is 2.48. The maximum Gasteiger partial charge on any atom is 0.238 e. The van der Waals surface area contributed by atoms with E-state index < -0.39 is 0 Å². The van der Waals surface area contributed by atoms with Crippen LogP contribution in [0.1, 0.15) is 16.1 Å². The van der Waals surface area contributed by atoms with Crippen LogP contribution in [0.15, 0.2) is 84.9 Å². The van der Waals surface area contributed by atoms with Crippen LogP contribution in [0.5, 0.6) is 0 Å². The van der Waals surface area contributed by atoms with Crippen LogP contribution < -0.4 is 4.57 Å². The molecule has 0 saturated carbocycles. The van der Waals surface area contributed by atoms with Crippen LogP contribution in [0, 0.1) is 0 Å². The van der Waals surface area contributed by atoms with Crippen molar-refractivity contribution in [3.8, 4) is 0 Å². The van der Waals surface area contributed by atoms with Crippen molar-refractivity contribution in [2.24, 2.45) is 0 Å². The fraction of sp³-hybridized carbons (Fsp3) is 0.136. The quantitative estimate of drug-likeness (QED) is 0.452. The second kappa shape index (κ2) is 6.98. The summed E-state index contributed by atoms with van der Waals surface area (Å²) in [5.74, 6) is 0. The van der Waals surface area contributed by atoms with Crippen LogP contribution in [0.3, 0.4) is 0 Å². The van der Waals surface area contributed by atoms with E-state index in [1.165, 1.54) is 26.4 Å². The van der Waals surface area contributed by atoms with Gasteiger partial charge in [0.05, 0.1) is 0 Å². The Hall–Kier alpha value is -2.45. The lowest BCUT2D eigenvalue weighted by atomic mass is 10.1. The van der Waals surface area contributed by atoms with Crippen molar-refractivity contribution in [1.82, 2.24) is 0 Å². The molecule has 1 heterocycles. The minimum atomic E-state index is 0.939. The Bertz CT molecular complexity index is 926. The molecule has 4 aromatic rings. The van der Waals surface area contributed by atoms with E-state index in [-0.39, 0.29) is 0 Å². The molecule has 2 heteroatoms. The predicted molar refractivity (Wildman–Crippen MR) is 101 cm³/mol. The zero-order chi connectivity index (χ0) is 16.2. The van der Waals surface area contributed by atoms with E-state index in [0.717, 1.165) is 19.4 Å². The van der Waals surface area contributed by atoms with Crippen molar-refractivity contribution < 1.29 is 4.57 Å². The number of hydrogen-bond acceptors (Lipinski definition) is 1. The van der Waals surface area contributed by atoms with Gasteiger partial charge >= 0.3 is 0 Å². The first kappa shape index (κ1) is 15.1. The molecule has 0 atom stereocenters. The Balaban J connectivity index is 1.67. The standard InChI is InChI=1S/C22H20NS/c1-3-9-18(10-4-1)15-16-22-23(17-19-11-5-2-6-12-19)20-13-7-8-14-21(20)24-22/h1-14H,15-17H2/q+1. The lowest BCUT2D eigenvalue weighted by Crippen LogP contribution is -2.37. The largest absolute Gasteiger partial charge is 0.238 e. The molecular formula is C22H20NS+. The average molecular weight is 330 g/mol. The summed E-state index contributed by atoms with van der Waals surface area (Å²) in [5.41, 5.74) is 4.10. The number of aromatic nitrogens is 1. The van der Waals surface area contributed by atoms with Gasteiger partial charge in [-0.05, 0) is 18.1 Å². The molecule has 0 radical (unpaired) electrons. The highest BCUT2D eigenvalue weighted by Crippen LogP contribution is 2.22. The van der Waals surface area contributed by atoms with Crippen LogP contribution >= 0.6 is 11.3 Å². The molecular weight excluding hydrogens is 310 g/mol. The third-order valence-electron chi connectivity index (χ3n) is 4.34. The first-order valence-electron chi connectivity index (χ1n) is 8.38. The first-order chi connectivity index (χ1) is 11.9. The predicted octanol–water partition coefficient (Wildman–Crippen LogP) is 5.02. The lowest BCUT2D eigenvalue weighted by Gasteiger charge is -2.01. The maximum absolute atomic E-state index is 2.48. The molecule has 0 spiro atoms. The second-order valence-corrected chi connectivity index (χ2v) is 7.14. The molecule has 0 amide bonds. The van der Waals surface area contributed by atoms with E-state index >= 15 is 0 Å². The second-order valence-electron chi connectivity index (χ2n) is 6.02. The third kappa shape index (κ3) is 3.24. The first-order valence-corrected chi connectivity index (χ1v) is 9.20. The molecule has 0 aliphatic carbocycles. The van der Waals surface area contributed by atoms with Gasteiger partial charge in [0, 0.05) is 18.1 Å². The minimum absolute atomic E-state index is 0.939. The van der Waals surface area contributed by atoms with Crippen LogP contribution in [0.4, 0.5) is 0 Å². The van der Waals surface area contributed by atoms with Crippen molar-refractivity contribution in [3.63, 3.8) is 0 Å². The smallest absolute Gasteiger partial charge is 0.181 e. The van der Waals surface area contributed by atoms with Crippen LogP contribution in [0.2, 0.25) is 0 Å². The van der Waals surface area contributed by atoms with Gasteiger partial charge in [-0.15, -0.1) is 0 Å². The summed E-state index contributed by atoms with van der Waals surface area (Å²) in [4.78, 5) is 0. The SMILES string of the molecule is c1ccc(CCc2sc3ccccc3[n+]2Cc2ccccc2)cc1. The molecule has 24 heavy (non-hydrogen) atoms. The minimum Gasteiger partial charge on any atom is -0.181 e. The zero-order valence-corrected chi connectivity index (χ0v) is 14.4. The summed E-state index contributed by atoms with van der Waals surface area (Å²) >= 11 is 1.93. The number of rotatable bonds is 5. The Labute approximate surface area is 146 Å². The highest BCUT2D eigenvalue weighted by Gasteiger charge is 2.20. The molecule has 0 saturated heterocycles. The van der Waals surface area contributed by atoms with Gasteiger partial charge in [-0.1, -0.05) is 84.1 Å². The number of fused-ring (bicyclic) bond motifs is 1. The van der Waals surface area contributed by atoms with Crippen LogP contribution in [-0.4, -0.2) is 0 Å². The van der Waals surface area contributed by atoms with E-state index in [1.54, 1.807) is 0 Å². The summed E-state index contributed by atoms with van der Waals surface area (Å²) in [6.45, 7) is 0.939. The van der Waals surface area contributed by atoms with Crippen LogP contribution in [-0.2, 0) is 19.4 Å². The molecule has 118 valence electrons. The molecule has 0 aliphatic rings. The number of para-hydroxylation sites is 1.